The van der Waals surface area contributed by atoms with Gasteiger partial charge in [-0.1, -0.05) is 256 Å². The molecule has 0 aliphatic heterocycles. The van der Waals surface area contributed by atoms with E-state index >= 15 is 0 Å². The van der Waals surface area contributed by atoms with Crippen LogP contribution in [0.15, 0.2) is 24.3 Å². The van der Waals surface area contributed by atoms with Gasteiger partial charge in [-0.3, -0.25) is 4.79 Å². The fourth-order valence-corrected chi connectivity index (χ4v) is 7.86. The maximum atomic E-state index is 12.0. The van der Waals surface area contributed by atoms with E-state index < -0.39 is 0 Å². The van der Waals surface area contributed by atoms with Crippen molar-refractivity contribution in [2.24, 2.45) is 0 Å². The SMILES string of the molecule is CCCCC/C=C\C/C=C\CCCCCCCC(=O)OCCCCCCCCCCCCCCCCCCCCCCCCCCCCCCCCCCO. The van der Waals surface area contributed by atoms with Gasteiger partial charge in [0.1, 0.15) is 0 Å². The number of carbonyl (C=O) groups excluding carboxylic acids is 1. The van der Waals surface area contributed by atoms with Gasteiger partial charge in [-0.25, -0.2) is 0 Å². The molecule has 3 heteroatoms. The summed E-state index contributed by atoms with van der Waals surface area (Å²) in [5, 5.41) is 8.82. The summed E-state index contributed by atoms with van der Waals surface area (Å²) < 4.78 is 5.47. The van der Waals surface area contributed by atoms with Crippen molar-refractivity contribution in [1.82, 2.24) is 0 Å². The van der Waals surface area contributed by atoms with Crippen molar-refractivity contribution in [2.45, 2.75) is 289 Å². The molecule has 326 valence electrons. The van der Waals surface area contributed by atoms with Crippen LogP contribution in [0.25, 0.3) is 0 Å². The van der Waals surface area contributed by atoms with E-state index in [0.29, 0.717) is 19.6 Å². The molecule has 0 heterocycles. The molecule has 0 aromatic heterocycles. The van der Waals surface area contributed by atoms with Crippen molar-refractivity contribution < 1.29 is 14.6 Å². The predicted molar refractivity (Wildman–Crippen MR) is 245 cm³/mol. The third-order valence-electron chi connectivity index (χ3n) is 11.6. The first-order valence-electron chi connectivity index (χ1n) is 25.4. The minimum atomic E-state index is 0.0124. The number of aliphatic hydroxyl groups excluding tert-OH is 1. The number of allylic oxidation sites excluding steroid dienone is 4. The Morgan fingerprint density at radius 1 is 0.364 bits per heavy atom. The van der Waals surface area contributed by atoms with Crippen molar-refractivity contribution in [3.63, 3.8) is 0 Å². The second kappa shape index (κ2) is 50.9. The molecule has 0 rings (SSSR count). The summed E-state index contributed by atoms with van der Waals surface area (Å²) in [6, 6.07) is 0. The zero-order valence-electron chi connectivity index (χ0n) is 37.6. The number of aliphatic hydroxyl groups is 1. The molecular formula is C52H100O3. The fourth-order valence-electron chi connectivity index (χ4n) is 7.86. The van der Waals surface area contributed by atoms with E-state index in [1.165, 1.54) is 244 Å². The summed E-state index contributed by atoms with van der Waals surface area (Å²) in [5.41, 5.74) is 0. The number of hydrogen-bond acceptors (Lipinski definition) is 3. The normalized spacial score (nSPS) is 11.8. The Morgan fingerprint density at radius 2 is 0.655 bits per heavy atom. The van der Waals surface area contributed by atoms with Crippen LogP contribution in [0.2, 0.25) is 0 Å². The molecule has 0 spiro atoms. The van der Waals surface area contributed by atoms with Gasteiger partial charge >= 0.3 is 5.97 Å². The highest BCUT2D eigenvalue weighted by atomic mass is 16.5. The number of carbonyl (C=O) groups is 1. The summed E-state index contributed by atoms with van der Waals surface area (Å²) in [5.74, 6) is 0.0124. The van der Waals surface area contributed by atoms with Gasteiger partial charge in [-0.15, -0.1) is 0 Å². The van der Waals surface area contributed by atoms with Crippen LogP contribution < -0.4 is 0 Å². The number of unbranched alkanes of at least 4 members (excludes halogenated alkanes) is 39. The number of esters is 1. The maximum absolute atomic E-state index is 12.0. The highest BCUT2D eigenvalue weighted by Crippen LogP contribution is 2.17. The van der Waals surface area contributed by atoms with Crippen molar-refractivity contribution in [3.8, 4) is 0 Å². The van der Waals surface area contributed by atoms with Crippen molar-refractivity contribution in [3.05, 3.63) is 24.3 Å². The first kappa shape index (κ1) is 53.9. The van der Waals surface area contributed by atoms with E-state index in [-0.39, 0.29) is 5.97 Å². The predicted octanol–water partition coefficient (Wildman–Crippen LogP) is 17.8. The molecule has 0 atom stereocenters. The Kier molecular flexibility index (Phi) is 49.9. The lowest BCUT2D eigenvalue weighted by Gasteiger charge is -2.06. The van der Waals surface area contributed by atoms with Gasteiger partial charge in [0.05, 0.1) is 6.61 Å². The Labute approximate surface area is 346 Å². The highest BCUT2D eigenvalue weighted by Gasteiger charge is 2.03. The molecule has 0 fully saturated rings. The van der Waals surface area contributed by atoms with Gasteiger partial charge < -0.3 is 9.84 Å². The Bertz CT molecular complexity index is 758. The first-order valence-corrected chi connectivity index (χ1v) is 25.4. The van der Waals surface area contributed by atoms with Gasteiger partial charge in [0.2, 0.25) is 0 Å². The van der Waals surface area contributed by atoms with Crippen LogP contribution in [0.5, 0.6) is 0 Å². The van der Waals surface area contributed by atoms with Gasteiger partial charge in [0.25, 0.3) is 0 Å². The monoisotopic (exact) mass is 773 g/mol. The van der Waals surface area contributed by atoms with Gasteiger partial charge in [0, 0.05) is 13.0 Å². The molecule has 0 saturated carbocycles. The maximum Gasteiger partial charge on any atom is 0.305 e. The summed E-state index contributed by atoms with van der Waals surface area (Å²) in [6.07, 6.45) is 67.6. The lowest BCUT2D eigenvalue weighted by atomic mass is 10.0. The van der Waals surface area contributed by atoms with Gasteiger partial charge in [0.15, 0.2) is 0 Å². The molecular weight excluding hydrogens is 673 g/mol. The largest absolute Gasteiger partial charge is 0.466 e. The molecule has 0 aromatic rings. The molecule has 1 N–H and O–H groups in total. The molecule has 0 aliphatic carbocycles. The average Bonchev–Trinajstić information content (AvgIpc) is 3.19. The minimum Gasteiger partial charge on any atom is -0.466 e. The van der Waals surface area contributed by atoms with Gasteiger partial charge in [-0.05, 0) is 51.4 Å². The molecule has 0 bridgehead atoms. The molecule has 0 aromatic carbocycles. The van der Waals surface area contributed by atoms with Crippen LogP contribution in [0, 0.1) is 0 Å². The third-order valence-corrected chi connectivity index (χ3v) is 11.6. The van der Waals surface area contributed by atoms with E-state index in [4.69, 9.17) is 9.84 Å². The van der Waals surface area contributed by atoms with E-state index in [2.05, 4.69) is 31.2 Å². The van der Waals surface area contributed by atoms with Crippen LogP contribution in [0.1, 0.15) is 289 Å². The summed E-state index contributed by atoms with van der Waals surface area (Å²) in [4.78, 5) is 12.0. The zero-order chi connectivity index (χ0) is 39.6. The molecule has 0 unspecified atom stereocenters. The molecule has 0 amide bonds. The molecule has 55 heavy (non-hydrogen) atoms. The molecule has 0 aliphatic rings. The van der Waals surface area contributed by atoms with E-state index in [0.717, 1.165) is 32.1 Å². The number of hydrogen-bond donors (Lipinski definition) is 1. The van der Waals surface area contributed by atoms with E-state index in [1.807, 2.05) is 0 Å². The summed E-state index contributed by atoms with van der Waals surface area (Å²) in [7, 11) is 0. The fraction of sp³-hybridized carbons (Fsp3) is 0.904. The van der Waals surface area contributed by atoms with Crippen LogP contribution in [-0.2, 0) is 9.53 Å². The van der Waals surface area contributed by atoms with Crippen molar-refractivity contribution in [2.75, 3.05) is 13.2 Å². The van der Waals surface area contributed by atoms with Gasteiger partial charge in [-0.2, -0.15) is 0 Å². The standard InChI is InChI=1S/C52H100O3/c1-2-3-4-5-6-7-8-9-28-31-34-37-40-43-46-49-52(54)55-51-48-45-42-39-36-33-30-27-25-23-21-19-17-15-13-11-10-12-14-16-18-20-22-24-26-29-32-35-38-41-44-47-50-53/h6-7,9,28,53H,2-5,8,10-27,29-51H2,1H3/b7-6-,28-9-. The van der Waals surface area contributed by atoms with Crippen LogP contribution in [0.4, 0.5) is 0 Å². The first-order chi connectivity index (χ1) is 27.3. The molecule has 0 saturated heterocycles. The lowest BCUT2D eigenvalue weighted by molar-refractivity contribution is -0.143. The smallest absolute Gasteiger partial charge is 0.305 e. The van der Waals surface area contributed by atoms with Crippen molar-refractivity contribution in [1.29, 1.82) is 0 Å². The average molecular weight is 773 g/mol. The minimum absolute atomic E-state index is 0.0124. The van der Waals surface area contributed by atoms with Crippen LogP contribution >= 0.6 is 0 Å². The summed E-state index contributed by atoms with van der Waals surface area (Å²) in [6.45, 7) is 3.25. The number of rotatable bonds is 48. The Balaban J connectivity index is 3.16. The molecule has 3 nitrogen and oxygen atoms in total. The van der Waals surface area contributed by atoms with Crippen LogP contribution in [-0.4, -0.2) is 24.3 Å². The summed E-state index contributed by atoms with van der Waals surface area (Å²) >= 11 is 0. The van der Waals surface area contributed by atoms with E-state index in [1.54, 1.807) is 0 Å². The lowest BCUT2D eigenvalue weighted by Crippen LogP contribution is -2.05. The quantitative estimate of drug-likeness (QED) is 0.0381. The van der Waals surface area contributed by atoms with Crippen molar-refractivity contribution >= 4 is 5.97 Å². The third kappa shape index (κ3) is 50.9. The highest BCUT2D eigenvalue weighted by molar-refractivity contribution is 5.69. The topological polar surface area (TPSA) is 46.5 Å². The Morgan fingerprint density at radius 3 is 1.00 bits per heavy atom. The second-order valence-electron chi connectivity index (χ2n) is 17.2. The van der Waals surface area contributed by atoms with E-state index in [9.17, 15) is 4.79 Å². The van der Waals surface area contributed by atoms with Crippen LogP contribution in [0.3, 0.4) is 0 Å². The Hall–Kier alpha value is -1.09. The zero-order valence-corrected chi connectivity index (χ0v) is 37.6. The second-order valence-corrected chi connectivity index (χ2v) is 17.2. The molecule has 0 radical (unpaired) electrons. The number of ether oxygens (including phenoxy) is 1.